The summed E-state index contributed by atoms with van der Waals surface area (Å²) in [5.41, 5.74) is 2.97. The fourth-order valence-electron chi connectivity index (χ4n) is 3.45. The number of benzene rings is 1. The second-order valence-corrected chi connectivity index (χ2v) is 6.11. The SMILES string of the molecule is OCCc1nc2cnc3ccccc3c2n1CC1CCCCO1. The lowest BCUT2D eigenvalue weighted by atomic mass is 10.1. The van der Waals surface area contributed by atoms with Gasteiger partial charge in [-0.25, -0.2) is 4.98 Å². The van der Waals surface area contributed by atoms with Gasteiger partial charge in [-0.2, -0.15) is 0 Å². The van der Waals surface area contributed by atoms with E-state index in [1.165, 1.54) is 6.42 Å². The molecule has 0 radical (unpaired) electrons. The molecule has 23 heavy (non-hydrogen) atoms. The maximum atomic E-state index is 9.39. The quantitative estimate of drug-likeness (QED) is 0.805. The normalized spacial score (nSPS) is 18.7. The zero-order valence-electron chi connectivity index (χ0n) is 13.1. The molecule has 1 unspecified atom stereocenters. The van der Waals surface area contributed by atoms with Gasteiger partial charge in [-0.05, 0) is 25.3 Å². The van der Waals surface area contributed by atoms with E-state index in [0.29, 0.717) is 6.42 Å². The Morgan fingerprint density at radius 3 is 2.96 bits per heavy atom. The Hall–Kier alpha value is -1.98. The minimum Gasteiger partial charge on any atom is -0.396 e. The van der Waals surface area contributed by atoms with Gasteiger partial charge >= 0.3 is 0 Å². The first-order valence-corrected chi connectivity index (χ1v) is 8.32. The van der Waals surface area contributed by atoms with Crippen LogP contribution in [0.3, 0.4) is 0 Å². The van der Waals surface area contributed by atoms with Crippen LogP contribution in [0.5, 0.6) is 0 Å². The van der Waals surface area contributed by atoms with Gasteiger partial charge in [0.2, 0.25) is 0 Å². The molecule has 1 N–H and O–H groups in total. The number of ether oxygens (including phenoxy) is 1. The first-order valence-electron chi connectivity index (χ1n) is 8.32. The summed E-state index contributed by atoms with van der Waals surface area (Å²) in [5.74, 6) is 0.912. The number of rotatable bonds is 4. The molecular weight excluding hydrogens is 290 g/mol. The summed E-state index contributed by atoms with van der Waals surface area (Å²) in [6.07, 6.45) is 6.06. The number of pyridine rings is 1. The molecule has 0 amide bonds. The highest BCUT2D eigenvalue weighted by molar-refractivity contribution is 6.02. The molecule has 2 aromatic heterocycles. The third kappa shape index (κ3) is 2.71. The lowest BCUT2D eigenvalue weighted by Crippen LogP contribution is -2.25. The molecule has 0 aliphatic carbocycles. The van der Waals surface area contributed by atoms with Crippen molar-refractivity contribution in [1.29, 1.82) is 0 Å². The summed E-state index contributed by atoms with van der Waals surface area (Å²) in [6, 6.07) is 8.15. The standard InChI is InChI=1S/C18H21N3O2/c22-9-8-17-20-16-11-19-15-7-2-1-6-14(15)18(16)21(17)12-13-5-3-4-10-23-13/h1-2,6-7,11,13,22H,3-5,8-10,12H2. The van der Waals surface area contributed by atoms with Crippen LogP contribution in [0.4, 0.5) is 0 Å². The van der Waals surface area contributed by atoms with Crippen LogP contribution in [-0.4, -0.2) is 39.0 Å². The molecule has 1 fully saturated rings. The van der Waals surface area contributed by atoms with Crippen LogP contribution in [0, 0.1) is 0 Å². The number of aliphatic hydroxyl groups excluding tert-OH is 1. The van der Waals surface area contributed by atoms with E-state index in [0.717, 1.165) is 53.8 Å². The van der Waals surface area contributed by atoms with E-state index in [1.54, 1.807) is 0 Å². The van der Waals surface area contributed by atoms with Crippen molar-refractivity contribution >= 4 is 21.9 Å². The van der Waals surface area contributed by atoms with Gasteiger partial charge < -0.3 is 14.4 Å². The average Bonchev–Trinajstić information content (AvgIpc) is 2.94. The maximum Gasteiger partial charge on any atom is 0.112 e. The summed E-state index contributed by atoms with van der Waals surface area (Å²) in [5, 5.41) is 10.5. The Kier molecular flexibility index (Phi) is 3.97. The smallest absolute Gasteiger partial charge is 0.112 e. The lowest BCUT2D eigenvalue weighted by Gasteiger charge is -2.24. The first kappa shape index (κ1) is 14.6. The topological polar surface area (TPSA) is 60.2 Å². The largest absolute Gasteiger partial charge is 0.396 e. The van der Waals surface area contributed by atoms with E-state index < -0.39 is 0 Å². The molecule has 1 atom stereocenters. The van der Waals surface area contributed by atoms with Crippen molar-refractivity contribution in [3.8, 4) is 0 Å². The maximum absolute atomic E-state index is 9.39. The van der Waals surface area contributed by atoms with Crippen LogP contribution in [0.25, 0.3) is 21.9 Å². The lowest BCUT2D eigenvalue weighted by molar-refractivity contribution is 0.00613. The minimum absolute atomic E-state index is 0.0974. The van der Waals surface area contributed by atoms with Gasteiger partial charge in [0.15, 0.2) is 0 Å². The zero-order valence-corrected chi connectivity index (χ0v) is 13.1. The molecule has 1 saturated heterocycles. The van der Waals surface area contributed by atoms with Crippen molar-refractivity contribution < 1.29 is 9.84 Å². The van der Waals surface area contributed by atoms with Crippen molar-refractivity contribution in [3.63, 3.8) is 0 Å². The van der Waals surface area contributed by atoms with Crippen molar-refractivity contribution in [2.45, 2.75) is 38.3 Å². The Morgan fingerprint density at radius 1 is 1.22 bits per heavy atom. The van der Waals surface area contributed by atoms with Crippen molar-refractivity contribution in [1.82, 2.24) is 14.5 Å². The third-order valence-corrected chi connectivity index (χ3v) is 4.55. The molecule has 4 rings (SSSR count). The predicted octanol–water partition coefficient (Wildman–Crippen LogP) is 2.69. The summed E-state index contributed by atoms with van der Waals surface area (Å²) in [7, 11) is 0. The van der Waals surface area contributed by atoms with E-state index in [4.69, 9.17) is 9.72 Å². The Bertz CT molecular complexity index is 822. The second kappa shape index (κ2) is 6.26. The fourth-order valence-corrected chi connectivity index (χ4v) is 3.45. The zero-order chi connectivity index (χ0) is 15.6. The third-order valence-electron chi connectivity index (χ3n) is 4.55. The van der Waals surface area contributed by atoms with Crippen molar-refractivity contribution in [2.24, 2.45) is 0 Å². The summed E-state index contributed by atoms with van der Waals surface area (Å²) < 4.78 is 8.15. The molecule has 5 heteroatoms. The summed E-state index contributed by atoms with van der Waals surface area (Å²) in [6.45, 7) is 1.73. The molecule has 5 nitrogen and oxygen atoms in total. The number of para-hydroxylation sites is 1. The van der Waals surface area contributed by atoms with Gasteiger partial charge in [-0.3, -0.25) is 4.98 Å². The molecule has 1 aliphatic heterocycles. The molecule has 3 heterocycles. The van der Waals surface area contributed by atoms with E-state index >= 15 is 0 Å². The Labute approximate surface area is 134 Å². The molecule has 3 aromatic rings. The van der Waals surface area contributed by atoms with Crippen LogP contribution in [0.2, 0.25) is 0 Å². The van der Waals surface area contributed by atoms with E-state index in [9.17, 15) is 5.11 Å². The highest BCUT2D eigenvalue weighted by atomic mass is 16.5. The number of aliphatic hydroxyl groups is 1. The van der Waals surface area contributed by atoms with Gasteiger partial charge in [0.05, 0.1) is 36.5 Å². The van der Waals surface area contributed by atoms with E-state index in [2.05, 4.69) is 15.6 Å². The Balaban J connectivity index is 1.86. The van der Waals surface area contributed by atoms with Gasteiger partial charge in [-0.15, -0.1) is 0 Å². The van der Waals surface area contributed by atoms with Crippen LogP contribution in [-0.2, 0) is 17.7 Å². The molecular formula is C18H21N3O2. The van der Waals surface area contributed by atoms with Gasteiger partial charge in [0, 0.05) is 18.4 Å². The summed E-state index contributed by atoms with van der Waals surface area (Å²) >= 11 is 0. The van der Waals surface area contributed by atoms with Gasteiger partial charge in [0.1, 0.15) is 11.3 Å². The number of hydrogen-bond acceptors (Lipinski definition) is 4. The number of aromatic nitrogens is 3. The summed E-state index contributed by atoms with van der Waals surface area (Å²) in [4.78, 5) is 9.20. The predicted molar refractivity (Wildman–Crippen MR) is 89.4 cm³/mol. The highest BCUT2D eigenvalue weighted by Gasteiger charge is 2.20. The number of hydrogen-bond donors (Lipinski definition) is 1. The molecule has 0 saturated carbocycles. The Morgan fingerprint density at radius 2 is 2.13 bits per heavy atom. The highest BCUT2D eigenvalue weighted by Crippen LogP contribution is 2.26. The monoisotopic (exact) mass is 311 g/mol. The van der Waals surface area contributed by atoms with Crippen LogP contribution >= 0.6 is 0 Å². The van der Waals surface area contributed by atoms with Gasteiger partial charge in [-0.1, -0.05) is 18.2 Å². The average molecular weight is 311 g/mol. The number of nitrogens with zero attached hydrogens (tertiary/aromatic N) is 3. The van der Waals surface area contributed by atoms with Crippen LogP contribution < -0.4 is 0 Å². The molecule has 120 valence electrons. The van der Waals surface area contributed by atoms with Gasteiger partial charge in [0.25, 0.3) is 0 Å². The first-order chi connectivity index (χ1) is 11.4. The van der Waals surface area contributed by atoms with Crippen molar-refractivity contribution in [3.05, 3.63) is 36.3 Å². The molecule has 0 spiro atoms. The number of fused-ring (bicyclic) bond motifs is 3. The van der Waals surface area contributed by atoms with Crippen LogP contribution in [0.1, 0.15) is 25.1 Å². The molecule has 1 aliphatic rings. The van der Waals surface area contributed by atoms with E-state index in [-0.39, 0.29) is 12.7 Å². The molecule has 1 aromatic carbocycles. The number of imidazole rings is 1. The van der Waals surface area contributed by atoms with Crippen LogP contribution in [0.15, 0.2) is 30.5 Å². The second-order valence-electron chi connectivity index (χ2n) is 6.11. The molecule has 0 bridgehead atoms. The fraction of sp³-hybridized carbons (Fsp3) is 0.444. The van der Waals surface area contributed by atoms with E-state index in [1.807, 2.05) is 24.4 Å². The van der Waals surface area contributed by atoms with Crippen molar-refractivity contribution in [2.75, 3.05) is 13.2 Å². The minimum atomic E-state index is 0.0974.